The van der Waals surface area contributed by atoms with Gasteiger partial charge in [0.2, 0.25) is 0 Å². The van der Waals surface area contributed by atoms with E-state index in [1.807, 2.05) is 44.6 Å². The Kier molecular flexibility index (Phi) is 5.40. The van der Waals surface area contributed by atoms with E-state index in [1.165, 1.54) is 12.8 Å². The summed E-state index contributed by atoms with van der Waals surface area (Å²) in [5.74, 6) is 0.707. The molecule has 2 heterocycles. The van der Waals surface area contributed by atoms with Gasteiger partial charge < -0.3 is 26.3 Å². The van der Waals surface area contributed by atoms with Crippen LogP contribution in [0.4, 0.5) is 17.3 Å². The Bertz CT molecular complexity index is 1030. The van der Waals surface area contributed by atoms with Gasteiger partial charge in [0.05, 0.1) is 5.56 Å². The third-order valence-electron chi connectivity index (χ3n) is 5.78. The molecular formula is C22H28N6O. The first-order chi connectivity index (χ1) is 14.0. The van der Waals surface area contributed by atoms with E-state index >= 15 is 0 Å². The maximum absolute atomic E-state index is 11.9. The summed E-state index contributed by atoms with van der Waals surface area (Å²) in [4.78, 5) is 16.6. The number of hydrogen-bond acceptors (Lipinski definition) is 5. The number of anilines is 3. The summed E-state index contributed by atoms with van der Waals surface area (Å²) >= 11 is 0. The Hall–Kier alpha value is -3.06. The summed E-state index contributed by atoms with van der Waals surface area (Å²) in [6.45, 7) is 0. The van der Waals surface area contributed by atoms with Crippen LogP contribution in [0.15, 0.2) is 42.6 Å². The number of fused-ring (bicyclic) bond motifs is 1. The molecule has 1 unspecified atom stereocenters. The number of amides is 1. The molecule has 1 aliphatic rings. The lowest BCUT2D eigenvalue weighted by Crippen LogP contribution is -2.44. The van der Waals surface area contributed by atoms with Crippen molar-refractivity contribution < 1.29 is 4.79 Å². The number of aromatic nitrogens is 2. The number of aryl methyl sites for hydroxylation is 1. The van der Waals surface area contributed by atoms with Crippen LogP contribution in [-0.4, -0.2) is 34.6 Å². The standard InChI is InChI=1S/C22H28N6O/c1-24-17-5-3-4-6-18(17)26-20-10-8-16(21(23)29)22(27-20)25-15-7-9-19-14(13-15)11-12-28(19)2/h7-13,17-18,24H,3-6H2,1-2H3,(H2,23,29)(H2,25,26,27)/t17-,18?/m0/s1. The molecule has 0 radical (unpaired) electrons. The number of primary amides is 1. The summed E-state index contributed by atoms with van der Waals surface area (Å²) in [5, 5.41) is 11.3. The lowest BCUT2D eigenvalue weighted by molar-refractivity contribution is 0.100. The van der Waals surface area contributed by atoms with Crippen LogP contribution < -0.4 is 21.7 Å². The monoisotopic (exact) mass is 392 g/mol. The molecule has 2 atom stereocenters. The first kappa shape index (κ1) is 19.3. The fourth-order valence-electron chi connectivity index (χ4n) is 4.17. The van der Waals surface area contributed by atoms with Crippen LogP contribution in [0, 0.1) is 0 Å². The van der Waals surface area contributed by atoms with E-state index in [2.05, 4.69) is 31.6 Å². The first-order valence-electron chi connectivity index (χ1n) is 10.1. The number of nitrogens with two attached hydrogens (primary N) is 1. The predicted octanol–water partition coefficient (Wildman–Crippen LogP) is 3.36. The third kappa shape index (κ3) is 4.05. The van der Waals surface area contributed by atoms with Crippen molar-refractivity contribution in [2.45, 2.75) is 37.8 Å². The second-order valence-electron chi connectivity index (χ2n) is 7.71. The van der Waals surface area contributed by atoms with E-state index in [4.69, 9.17) is 5.73 Å². The van der Waals surface area contributed by atoms with Crippen LogP contribution in [0.25, 0.3) is 10.9 Å². The van der Waals surface area contributed by atoms with Crippen molar-refractivity contribution in [2.24, 2.45) is 12.8 Å². The molecule has 0 saturated heterocycles. The molecule has 0 spiro atoms. The SMILES string of the molecule is CN[C@H]1CCCCC1Nc1ccc(C(N)=O)c(Nc2ccc3c(ccn3C)c2)n1. The summed E-state index contributed by atoms with van der Waals surface area (Å²) in [7, 11) is 4.02. The number of hydrogen-bond donors (Lipinski definition) is 4. The highest BCUT2D eigenvalue weighted by Gasteiger charge is 2.24. The molecule has 29 heavy (non-hydrogen) atoms. The van der Waals surface area contributed by atoms with Gasteiger partial charge in [-0.25, -0.2) is 4.98 Å². The maximum atomic E-state index is 11.9. The number of likely N-dealkylation sites (N-methyl/N-ethyl adjacent to an activating group) is 1. The minimum absolute atomic E-state index is 0.314. The van der Waals surface area contributed by atoms with Crippen molar-refractivity contribution in [3.63, 3.8) is 0 Å². The largest absolute Gasteiger partial charge is 0.366 e. The second kappa shape index (κ2) is 8.13. The average Bonchev–Trinajstić information content (AvgIpc) is 3.08. The van der Waals surface area contributed by atoms with Crippen LogP contribution >= 0.6 is 0 Å². The summed E-state index contributed by atoms with van der Waals surface area (Å²) in [6, 6.07) is 12.4. The number of rotatable bonds is 6. The third-order valence-corrected chi connectivity index (χ3v) is 5.78. The Morgan fingerprint density at radius 1 is 1.14 bits per heavy atom. The van der Waals surface area contributed by atoms with E-state index in [0.717, 1.165) is 35.2 Å². The minimum Gasteiger partial charge on any atom is -0.366 e. The normalized spacial score (nSPS) is 19.2. The summed E-state index contributed by atoms with van der Waals surface area (Å²) < 4.78 is 2.07. The zero-order chi connectivity index (χ0) is 20.4. The second-order valence-corrected chi connectivity index (χ2v) is 7.71. The Balaban J connectivity index is 1.61. The number of carbonyl (C=O) groups is 1. The van der Waals surface area contributed by atoms with Gasteiger partial charge in [0.25, 0.3) is 5.91 Å². The summed E-state index contributed by atoms with van der Waals surface area (Å²) in [5.41, 5.74) is 7.97. The first-order valence-corrected chi connectivity index (χ1v) is 10.1. The molecule has 4 rings (SSSR count). The van der Waals surface area contributed by atoms with Crippen LogP contribution in [0.2, 0.25) is 0 Å². The van der Waals surface area contributed by atoms with Gasteiger partial charge in [-0.1, -0.05) is 12.8 Å². The van der Waals surface area contributed by atoms with Crippen LogP contribution in [0.5, 0.6) is 0 Å². The molecular weight excluding hydrogens is 364 g/mol. The number of nitrogens with zero attached hydrogens (tertiary/aromatic N) is 2. The number of pyridine rings is 1. The van der Waals surface area contributed by atoms with Crippen molar-refractivity contribution >= 4 is 34.1 Å². The maximum Gasteiger partial charge on any atom is 0.252 e. The molecule has 1 saturated carbocycles. The molecule has 1 aromatic carbocycles. The van der Waals surface area contributed by atoms with Crippen LogP contribution in [0.3, 0.4) is 0 Å². The van der Waals surface area contributed by atoms with Gasteiger partial charge in [-0.15, -0.1) is 0 Å². The molecule has 2 aromatic heterocycles. The Morgan fingerprint density at radius 3 is 2.69 bits per heavy atom. The van der Waals surface area contributed by atoms with Gasteiger partial charge >= 0.3 is 0 Å². The predicted molar refractivity (Wildman–Crippen MR) is 118 cm³/mol. The topological polar surface area (TPSA) is 97.0 Å². The molecule has 0 bridgehead atoms. The minimum atomic E-state index is -0.502. The zero-order valence-corrected chi connectivity index (χ0v) is 16.9. The van der Waals surface area contributed by atoms with E-state index in [0.29, 0.717) is 23.5 Å². The van der Waals surface area contributed by atoms with Crippen molar-refractivity contribution in [3.8, 4) is 0 Å². The Morgan fingerprint density at radius 2 is 1.93 bits per heavy atom. The molecule has 1 fully saturated rings. The van der Waals surface area contributed by atoms with Crippen LogP contribution in [-0.2, 0) is 7.05 Å². The molecule has 7 nitrogen and oxygen atoms in total. The quantitative estimate of drug-likeness (QED) is 0.516. The summed E-state index contributed by atoms with van der Waals surface area (Å²) in [6.07, 6.45) is 6.71. The van der Waals surface area contributed by atoms with Gasteiger partial charge in [0.1, 0.15) is 11.6 Å². The molecule has 3 aromatic rings. The highest BCUT2D eigenvalue weighted by Crippen LogP contribution is 2.26. The fourth-order valence-corrected chi connectivity index (χ4v) is 4.17. The molecule has 0 aliphatic heterocycles. The Labute approximate surface area is 170 Å². The average molecular weight is 393 g/mol. The molecule has 1 aliphatic carbocycles. The van der Waals surface area contributed by atoms with Crippen molar-refractivity contribution in [3.05, 3.63) is 48.2 Å². The lowest BCUT2D eigenvalue weighted by Gasteiger charge is -2.32. The van der Waals surface area contributed by atoms with Gasteiger partial charge in [-0.05, 0) is 56.3 Å². The van der Waals surface area contributed by atoms with Gasteiger partial charge in [0.15, 0.2) is 0 Å². The van der Waals surface area contributed by atoms with Gasteiger partial charge in [0, 0.05) is 41.9 Å². The molecule has 5 N–H and O–H groups in total. The van der Waals surface area contributed by atoms with Gasteiger partial charge in [-0.3, -0.25) is 4.79 Å². The van der Waals surface area contributed by atoms with Crippen molar-refractivity contribution in [1.82, 2.24) is 14.9 Å². The van der Waals surface area contributed by atoms with E-state index in [1.54, 1.807) is 6.07 Å². The number of benzene rings is 1. The van der Waals surface area contributed by atoms with Gasteiger partial charge in [-0.2, -0.15) is 0 Å². The van der Waals surface area contributed by atoms with E-state index in [9.17, 15) is 4.79 Å². The van der Waals surface area contributed by atoms with Crippen molar-refractivity contribution in [1.29, 1.82) is 0 Å². The number of nitrogens with one attached hydrogen (secondary N) is 3. The number of carbonyl (C=O) groups excluding carboxylic acids is 1. The molecule has 152 valence electrons. The molecule has 7 heteroatoms. The zero-order valence-electron chi connectivity index (χ0n) is 16.9. The fraction of sp³-hybridized carbons (Fsp3) is 0.364. The highest BCUT2D eigenvalue weighted by atomic mass is 16.1. The van der Waals surface area contributed by atoms with E-state index in [-0.39, 0.29) is 0 Å². The van der Waals surface area contributed by atoms with Crippen molar-refractivity contribution in [2.75, 3.05) is 17.7 Å². The lowest BCUT2D eigenvalue weighted by atomic mass is 9.90. The van der Waals surface area contributed by atoms with Crippen LogP contribution in [0.1, 0.15) is 36.0 Å². The van der Waals surface area contributed by atoms with E-state index < -0.39 is 5.91 Å². The smallest absolute Gasteiger partial charge is 0.252 e. The molecule has 1 amide bonds. The highest BCUT2D eigenvalue weighted by molar-refractivity contribution is 5.99.